The first-order valence-electron chi connectivity index (χ1n) is 13.5. The van der Waals surface area contributed by atoms with Gasteiger partial charge >= 0.3 is 0 Å². The SMILES string of the molecule is CCCCCCOC(CN1CC[N+]2(CCCC2)CC1)CN1CC[N+]2(CCCC2)CC1.[Br-].[Br-]. The summed E-state index contributed by atoms with van der Waals surface area (Å²) >= 11 is 0. The maximum Gasteiger partial charge on any atom is 0.0916 e. The number of quaternary nitrogens is 2. The van der Waals surface area contributed by atoms with Crippen molar-refractivity contribution in [2.24, 2.45) is 0 Å². The molecule has 190 valence electrons. The van der Waals surface area contributed by atoms with Gasteiger partial charge in [0.2, 0.25) is 0 Å². The summed E-state index contributed by atoms with van der Waals surface area (Å²) in [5.74, 6) is 0. The van der Waals surface area contributed by atoms with Crippen molar-refractivity contribution >= 4 is 0 Å². The van der Waals surface area contributed by atoms with E-state index in [2.05, 4.69) is 16.7 Å². The van der Waals surface area contributed by atoms with Crippen molar-refractivity contribution in [3.8, 4) is 0 Å². The van der Waals surface area contributed by atoms with Crippen LogP contribution in [0.2, 0.25) is 0 Å². The van der Waals surface area contributed by atoms with E-state index in [-0.39, 0.29) is 34.0 Å². The fourth-order valence-electron chi connectivity index (χ4n) is 6.65. The fraction of sp³-hybridized carbons (Fsp3) is 1.00. The highest BCUT2D eigenvalue weighted by Crippen LogP contribution is 2.24. The van der Waals surface area contributed by atoms with Gasteiger partial charge in [-0.2, -0.15) is 0 Å². The predicted octanol–water partition coefficient (Wildman–Crippen LogP) is -3.19. The average Bonchev–Trinajstić information content (AvgIpc) is 3.42. The minimum absolute atomic E-state index is 0. The molecule has 0 radical (unpaired) electrons. The second-order valence-corrected chi connectivity index (χ2v) is 11.0. The first-order chi connectivity index (χ1) is 14.7. The maximum absolute atomic E-state index is 6.53. The zero-order valence-electron chi connectivity index (χ0n) is 20.8. The number of rotatable bonds is 10. The van der Waals surface area contributed by atoms with Crippen molar-refractivity contribution in [3.05, 3.63) is 0 Å². The summed E-state index contributed by atoms with van der Waals surface area (Å²) in [5.41, 5.74) is 0. The number of ether oxygens (including phenoxy) is 1. The second kappa shape index (κ2) is 14.4. The largest absolute Gasteiger partial charge is 1.00 e. The summed E-state index contributed by atoms with van der Waals surface area (Å²) in [5, 5.41) is 0. The van der Waals surface area contributed by atoms with E-state index in [4.69, 9.17) is 4.74 Å². The Labute approximate surface area is 219 Å². The maximum atomic E-state index is 6.53. The molecule has 0 unspecified atom stereocenters. The van der Waals surface area contributed by atoms with Gasteiger partial charge in [0.15, 0.2) is 0 Å². The lowest BCUT2D eigenvalue weighted by molar-refractivity contribution is -0.920. The number of nitrogens with zero attached hydrogens (tertiary/aromatic N) is 4. The Kier molecular flexibility index (Phi) is 13.0. The molecule has 4 aliphatic heterocycles. The summed E-state index contributed by atoms with van der Waals surface area (Å²) in [6.07, 6.45) is 11.5. The zero-order valence-corrected chi connectivity index (χ0v) is 24.0. The van der Waals surface area contributed by atoms with Crippen LogP contribution in [-0.2, 0) is 4.74 Å². The van der Waals surface area contributed by atoms with Crippen molar-refractivity contribution in [2.75, 3.05) is 98.2 Å². The Morgan fingerprint density at radius 1 is 0.625 bits per heavy atom. The summed E-state index contributed by atoms with van der Waals surface area (Å²) in [7, 11) is 0. The molecule has 0 atom stereocenters. The lowest BCUT2D eigenvalue weighted by Crippen LogP contribution is -3.00. The van der Waals surface area contributed by atoms with Crippen LogP contribution in [-0.4, -0.2) is 123 Å². The Hall–Kier alpha value is 0.760. The van der Waals surface area contributed by atoms with Crippen LogP contribution in [0.15, 0.2) is 0 Å². The third-order valence-corrected chi connectivity index (χ3v) is 8.87. The minimum Gasteiger partial charge on any atom is -1.00 e. The lowest BCUT2D eigenvalue weighted by Gasteiger charge is -2.44. The Morgan fingerprint density at radius 3 is 1.47 bits per heavy atom. The topological polar surface area (TPSA) is 15.7 Å². The van der Waals surface area contributed by atoms with E-state index in [1.807, 2.05) is 0 Å². The van der Waals surface area contributed by atoms with Gasteiger partial charge in [0.25, 0.3) is 0 Å². The van der Waals surface area contributed by atoms with Crippen LogP contribution in [0.25, 0.3) is 0 Å². The van der Waals surface area contributed by atoms with E-state index in [1.165, 1.54) is 139 Å². The summed E-state index contributed by atoms with van der Waals surface area (Å²) in [6, 6.07) is 0. The summed E-state index contributed by atoms with van der Waals surface area (Å²) < 4.78 is 9.38. The van der Waals surface area contributed by atoms with Crippen LogP contribution >= 0.6 is 0 Å². The molecule has 2 spiro atoms. The molecule has 0 aliphatic carbocycles. The Balaban J connectivity index is 0.00000181. The first-order valence-corrected chi connectivity index (χ1v) is 13.5. The fourth-order valence-corrected chi connectivity index (χ4v) is 6.65. The van der Waals surface area contributed by atoms with Crippen LogP contribution in [0.3, 0.4) is 0 Å². The van der Waals surface area contributed by atoms with Gasteiger partial charge in [-0.15, -0.1) is 0 Å². The molecule has 0 bridgehead atoms. The smallest absolute Gasteiger partial charge is 0.0916 e. The molecule has 0 aromatic heterocycles. The Bertz CT molecular complexity index is 454. The molecule has 4 saturated heterocycles. The van der Waals surface area contributed by atoms with Gasteiger partial charge in [0.05, 0.1) is 58.5 Å². The van der Waals surface area contributed by atoms with Crippen LogP contribution in [0, 0.1) is 0 Å². The van der Waals surface area contributed by atoms with E-state index in [9.17, 15) is 0 Å². The number of unbranched alkanes of at least 4 members (excludes halogenated alkanes) is 3. The highest BCUT2D eigenvalue weighted by Gasteiger charge is 2.38. The number of piperazine rings is 2. The molecule has 0 aromatic rings. The van der Waals surface area contributed by atoms with E-state index in [0.717, 1.165) is 19.7 Å². The molecule has 4 fully saturated rings. The van der Waals surface area contributed by atoms with Crippen molar-refractivity contribution in [1.82, 2.24) is 9.80 Å². The Morgan fingerprint density at radius 2 is 1.06 bits per heavy atom. The van der Waals surface area contributed by atoms with Gasteiger partial charge in [-0.25, -0.2) is 0 Å². The lowest BCUT2D eigenvalue weighted by atomic mass is 10.2. The molecule has 32 heavy (non-hydrogen) atoms. The van der Waals surface area contributed by atoms with Crippen LogP contribution in [0.4, 0.5) is 0 Å². The monoisotopic (exact) mass is 580 g/mol. The summed E-state index contributed by atoms with van der Waals surface area (Å²) in [6.45, 7) is 22.0. The normalized spacial score (nSPS) is 25.3. The van der Waals surface area contributed by atoms with E-state index >= 15 is 0 Å². The molecule has 4 aliphatic rings. The molecule has 7 heteroatoms. The third kappa shape index (κ3) is 8.17. The van der Waals surface area contributed by atoms with Crippen molar-refractivity contribution in [2.45, 2.75) is 64.4 Å². The van der Waals surface area contributed by atoms with E-state index in [1.54, 1.807) is 0 Å². The predicted molar refractivity (Wildman–Crippen MR) is 125 cm³/mol. The van der Waals surface area contributed by atoms with Gasteiger partial charge in [-0.3, -0.25) is 9.80 Å². The van der Waals surface area contributed by atoms with Crippen molar-refractivity contribution in [3.63, 3.8) is 0 Å². The molecule has 4 heterocycles. The standard InChI is InChI=1S/C25H50N4O.2BrH/c1-2-3-4-9-22-30-25(23-26-10-18-28(19-11-26)14-5-6-15-28)24-27-12-20-29(21-13-27)16-7-8-17-29;;/h25H,2-24H2,1H3;2*1H/q+2;;/p-2. The number of hydrogen-bond acceptors (Lipinski definition) is 3. The van der Waals surface area contributed by atoms with E-state index < -0.39 is 0 Å². The number of hydrogen-bond donors (Lipinski definition) is 0. The van der Waals surface area contributed by atoms with Crippen LogP contribution in [0.1, 0.15) is 58.3 Å². The van der Waals surface area contributed by atoms with Gasteiger partial charge in [0.1, 0.15) is 0 Å². The van der Waals surface area contributed by atoms with Gasteiger partial charge in [0, 0.05) is 71.6 Å². The molecule has 0 N–H and O–H groups in total. The molecule has 0 amide bonds. The molecule has 0 aromatic carbocycles. The third-order valence-electron chi connectivity index (χ3n) is 8.87. The quantitative estimate of drug-likeness (QED) is 0.200. The minimum atomic E-state index is 0. The summed E-state index contributed by atoms with van der Waals surface area (Å²) in [4.78, 5) is 5.47. The zero-order chi connectivity index (χ0) is 20.7. The van der Waals surface area contributed by atoms with Crippen molar-refractivity contribution in [1.29, 1.82) is 0 Å². The molecule has 5 nitrogen and oxygen atoms in total. The van der Waals surface area contributed by atoms with Crippen LogP contribution < -0.4 is 34.0 Å². The van der Waals surface area contributed by atoms with E-state index in [0.29, 0.717) is 6.10 Å². The van der Waals surface area contributed by atoms with Gasteiger partial charge in [-0.1, -0.05) is 26.2 Å². The average molecular weight is 583 g/mol. The number of halogens is 2. The highest BCUT2D eigenvalue weighted by molar-refractivity contribution is 4.76. The molecule has 0 saturated carbocycles. The highest BCUT2D eigenvalue weighted by atomic mass is 79.9. The molecular weight excluding hydrogens is 532 g/mol. The van der Waals surface area contributed by atoms with Crippen LogP contribution in [0.5, 0.6) is 0 Å². The van der Waals surface area contributed by atoms with Gasteiger partial charge < -0.3 is 47.7 Å². The second-order valence-electron chi connectivity index (χ2n) is 11.0. The molecular formula is C25H50Br2N4O. The van der Waals surface area contributed by atoms with Gasteiger partial charge in [-0.05, 0) is 6.42 Å². The molecule has 4 rings (SSSR count). The van der Waals surface area contributed by atoms with Crippen molar-refractivity contribution < 1.29 is 47.7 Å². The first kappa shape index (κ1) is 29.0.